The molecule has 4 nitrogen and oxygen atoms in total. The molecule has 3 rings (SSSR count). The van der Waals surface area contributed by atoms with Gasteiger partial charge in [-0.15, -0.1) is 0 Å². The lowest BCUT2D eigenvalue weighted by molar-refractivity contribution is 0.415. The highest BCUT2D eigenvalue weighted by molar-refractivity contribution is 9.10. The third-order valence-electron chi connectivity index (χ3n) is 2.61. The maximum absolute atomic E-state index is 5.21. The van der Waals surface area contributed by atoms with E-state index in [1.165, 1.54) is 0 Å². The number of pyridine rings is 1. The van der Waals surface area contributed by atoms with Gasteiger partial charge in [0.1, 0.15) is 5.75 Å². The summed E-state index contributed by atoms with van der Waals surface area (Å²) in [5, 5.41) is 4.12. The van der Waals surface area contributed by atoms with Gasteiger partial charge in [0, 0.05) is 12.4 Å². The molecule has 2 aromatic heterocycles. The normalized spacial score (nSPS) is 10.6. The van der Waals surface area contributed by atoms with Crippen LogP contribution in [0.1, 0.15) is 0 Å². The first-order valence-corrected chi connectivity index (χ1v) is 7.18. The van der Waals surface area contributed by atoms with Crippen molar-refractivity contribution in [2.45, 2.75) is 0 Å². The minimum atomic E-state index is 0.841. The summed E-state index contributed by atoms with van der Waals surface area (Å²) in [5.74, 6) is 0.841. The van der Waals surface area contributed by atoms with Crippen molar-refractivity contribution in [2.24, 2.45) is 0 Å². The van der Waals surface area contributed by atoms with Crippen LogP contribution < -0.4 is 10.1 Å². The van der Waals surface area contributed by atoms with Gasteiger partial charge in [0.15, 0.2) is 5.13 Å². The summed E-state index contributed by atoms with van der Waals surface area (Å²) < 4.78 is 7.21. The molecule has 6 heteroatoms. The second-order valence-electron chi connectivity index (χ2n) is 3.83. The number of nitrogens with one attached hydrogen (secondary N) is 1. The highest BCUT2D eigenvalue weighted by atomic mass is 79.9. The summed E-state index contributed by atoms with van der Waals surface area (Å²) >= 11 is 5.04. The van der Waals surface area contributed by atoms with Crippen LogP contribution in [0.5, 0.6) is 5.75 Å². The number of halogens is 1. The van der Waals surface area contributed by atoms with Crippen molar-refractivity contribution < 1.29 is 4.74 Å². The molecule has 0 aliphatic heterocycles. The van der Waals surface area contributed by atoms with Crippen molar-refractivity contribution in [2.75, 3.05) is 12.4 Å². The van der Waals surface area contributed by atoms with Crippen LogP contribution in [0, 0.1) is 0 Å². The zero-order valence-corrected chi connectivity index (χ0v) is 12.5. The summed E-state index contributed by atoms with van der Waals surface area (Å²) in [6.07, 6.45) is 3.49. The molecule has 0 aliphatic rings. The van der Waals surface area contributed by atoms with Gasteiger partial charge in [0.25, 0.3) is 0 Å². The number of nitrogens with zero attached hydrogens (tertiary/aromatic N) is 2. The molecule has 3 aromatic rings. The Morgan fingerprint density at radius 3 is 3.00 bits per heavy atom. The van der Waals surface area contributed by atoms with Crippen molar-refractivity contribution in [1.29, 1.82) is 0 Å². The maximum Gasteiger partial charge on any atom is 0.188 e. The summed E-state index contributed by atoms with van der Waals surface area (Å²) in [6, 6.07) is 7.75. The molecule has 0 radical (unpaired) electrons. The Hall–Kier alpha value is -1.66. The number of rotatable bonds is 3. The van der Waals surface area contributed by atoms with E-state index in [2.05, 4.69) is 31.2 Å². The fourth-order valence-electron chi connectivity index (χ4n) is 1.68. The van der Waals surface area contributed by atoms with E-state index in [1.54, 1.807) is 30.8 Å². The fraction of sp³-hybridized carbons (Fsp3) is 0.0769. The topological polar surface area (TPSA) is 47.0 Å². The van der Waals surface area contributed by atoms with Crippen molar-refractivity contribution in [3.8, 4) is 5.75 Å². The SMILES string of the molecule is COc1ccc2nc(Nc3ccncc3Br)sc2c1. The Balaban J connectivity index is 1.95. The van der Waals surface area contributed by atoms with Gasteiger partial charge in [-0.1, -0.05) is 11.3 Å². The van der Waals surface area contributed by atoms with Crippen LogP contribution in [0.15, 0.2) is 41.1 Å². The van der Waals surface area contributed by atoms with Gasteiger partial charge < -0.3 is 10.1 Å². The number of hydrogen-bond donors (Lipinski definition) is 1. The molecule has 2 heterocycles. The third-order valence-corrected chi connectivity index (χ3v) is 4.18. The standard InChI is InChI=1S/C13H10BrN3OS/c1-18-8-2-3-11-12(6-8)19-13(17-11)16-10-4-5-15-7-9(10)14/h2-7H,1H3,(H,15,16,17). The minimum Gasteiger partial charge on any atom is -0.497 e. The van der Waals surface area contributed by atoms with Gasteiger partial charge in [-0.2, -0.15) is 0 Å². The number of fused-ring (bicyclic) bond motifs is 1. The van der Waals surface area contributed by atoms with Crippen LogP contribution in [0.2, 0.25) is 0 Å². The van der Waals surface area contributed by atoms with Crippen LogP contribution >= 0.6 is 27.3 Å². The van der Waals surface area contributed by atoms with Gasteiger partial charge in [-0.3, -0.25) is 4.98 Å². The molecule has 0 aliphatic carbocycles. The number of methoxy groups -OCH3 is 1. The molecule has 0 atom stereocenters. The van der Waals surface area contributed by atoms with E-state index in [9.17, 15) is 0 Å². The third kappa shape index (κ3) is 2.54. The number of benzene rings is 1. The first-order chi connectivity index (χ1) is 9.26. The molecular weight excluding hydrogens is 326 g/mol. The number of hydrogen-bond acceptors (Lipinski definition) is 5. The van der Waals surface area contributed by atoms with Crippen molar-refractivity contribution in [3.63, 3.8) is 0 Å². The van der Waals surface area contributed by atoms with Crippen molar-refractivity contribution >= 4 is 48.3 Å². The van der Waals surface area contributed by atoms with E-state index in [0.717, 1.165) is 31.3 Å². The Morgan fingerprint density at radius 2 is 2.21 bits per heavy atom. The van der Waals surface area contributed by atoms with Gasteiger partial charge in [-0.25, -0.2) is 4.98 Å². The first-order valence-electron chi connectivity index (χ1n) is 5.57. The summed E-state index contributed by atoms with van der Waals surface area (Å²) in [4.78, 5) is 8.57. The summed E-state index contributed by atoms with van der Waals surface area (Å²) in [7, 11) is 1.66. The number of thiazole rings is 1. The molecule has 96 valence electrons. The molecule has 0 bridgehead atoms. The fourth-order valence-corrected chi connectivity index (χ4v) is 2.93. The molecule has 19 heavy (non-hydrogen) atoms. The molecule has 0 unspecified atom stereocenters. The lowest BCUT2D eigenvalue weighted by atomic mass is 10.3. The van der Waals surface area contributed by atoms with Crippen LogP contribution in [0.3, 0.4) is 0 Å². The van der Waals surface area contributed by atoms with E-state index in [4.69, 9.17) is 4.74 Å². The summed E-state index contributed by atoms with van der Waals surface area (Å²) in [5.41, 5.74) is 1.90. The number of aromatic nitrogens is 2. The number of ether oxygens (including phenoxy) is 1. The van der Waals surface area contributed by atoms with Gasteiger partial charge in [0.05, 0.1) is 27.5 Å². The molecule has 0 amide bonds. The smallest absolute Gasteiger partial charge is 0.188 e. The largest absolute Gasteiger partial charge is 0.497 e. The average Bonchev–Trinajstić information content (AvgIpc) is 2.82. The molecule has 1 aromatic carbocycles. The van der Waals surface area contributed by atoms with E-state index in [-0.39, 0.29) is 0 Å². The minimum absolute atomic E-state index is 0.841. The highest BCUT2D eigenvalue weighted by Crippen LogP contribution is 2.32. The predicted octanol–water partition coefficient (Wildman–Crippen LogP) is 4.21. The van der Waals surface area contributed by atoms with Crippen LogP contribution in [-0.4, -0.2) is 17.1 Å². The first kappa shape index (κ1) is 12.4. The van der Waals surface area contributed by atoms with Crippen molar-refractivity contribution in [1.82, 2.24) is 9.97 Å². The zero-order chi connectivity index (χ0) is 13.2. The lowest BCUT2D eigenvalue weighted by Crippen LogP contribution is -1.90. The van der Waals surface area contributed by atoms with E-state index >= 15 is 0 Å². The van der Waals surface area contributed by atoms with E-state index < -0.39 is 0 Å². The molecule has 0 saturated heterocycles. The lowest BCUT2D eigenvalue weighted by Gasteiger charge is -2.03. The van der Waals surface area contributed by atoms with E-state index in [0.29, 0.717) is 0 Å². The van der Waals surface area contributed by atoms with Gasteiger partial charge in [-0.05, 0) is 40.2 Å². The average molecular weight is 336 g/mol. The van der Waals surface area contributed by atoms with E-state index in [1.807, 2.05) is 24.3 Å². The molecule has 0 saturated carbocycles. The van der Waals surface area contributed by atoms with Gasteiger partial charge >= 0.3 is 0 Å². The maximum atomic E-state index is 5.21. The Kier molecular flexibility index (Phi) is 3.35. The predicted molar refractivity (Wildman–Crippen MR) is 81.4 cm³/mol. The van der Waals surface area contributed by atoms with Crippen LogP contribution in [-0.2, 0) is 0 Å². The molecule has 0 fully saturated rings. The van der Waals surface area contributed by atoms with Crippen LogP contribution in [0.25, 0.3) is 10.2 Å². The second-order valence-corrected chi connectivity index (χ2v) is 5.72. The Morgan fingerprint density at radius 1 is 1.32 bits per heavy atom. The molecular formula is C13H10BrN3OS. The molecule has 0 spiro atoms. The highest BCUT2D eigenvalue weighted by Gasteiger charge is 2.06. The number of anilines is 2. The quantitative estimate of drug-likeness (QED) is 0.778. The summed E-state index contributed by atoms with van der Waals surface area (Å²) in [6.45, 7) is 0. The Bertz CT molecular complexity index is 729. The zero-order valence-electron chi connectivity index (χ0n) is 10.1. The second kappa shape index (κ2) is 5.14. The van der Waals surface area contributed by atoms with Crippen LogP contribution in [0.4, 0.5) is 10.8 Å². The molecule has 1 N–H and O–H groups in total. The Labute approximate surface area is 122 Å². The van der Waals surface area contributed by atoms with Gasteiger partial charge in [0.2, 0.25) is 0 Å². The van der Waals surface area contributed by atoms with Crippen molar-refractivity contribution in [3.05, 3.63) is 41.1 Å². The monoisotopic (exact) mass is 335 g/mol.